The lowest BCUT2D eigenvalue weighted by atomic mass is 10.2. The molecule has 3 nitrogen and oxygen atoms in total. The largest absolute Gasteiger partial charge is 0.357 e. The lowest BCUT2D eigenvalue weighted by Gasteiger charge is -2.19. The van der Waals surface area contributed by atoms with Crippen molar-refractivity contribution >= 4 is 17.4 Å². The Bertz CT molecular complexity index is 388. The quantitative estimate of drug-likeness (QED) is 0.875. The van der Waals surface area contributed by atoms with Crippen LogP contribution in [0.4, 0.5) is 5.82 Å². The molecule has 1 aliphatic carbocycles. The highest BCUT2D eigenvalue weighted by Gasteiger charge is 2.27. The summed E-state index contributed by atoms with van der Waals surface area (Å²) in [6.07, 6.45) is 4.31. The van der Waals surface area contributed by atoms with Crippen LogP contribution in [-0.2, 0) is 6.54 Å². The van der Waals surface area contributed by atoms with Crippen molar-refractivity contribution in [3.63, 3.8) is 0 Å². The fraction of sp³-hybridized carbons (Fsp3) is 0.615. The van der Waals surface area contributed by atoms with Crippen LogP contribution >= 0.6 is 11.6 Å². The Morgan fingerprint density at radius 3 is 2.82 bits per heavy atom. The summed E-state index contributed by atoms with van der Waals surface area (Å²) < 4.78 is 0. The minimum Gasteiger partial charge on any atom is -0.357 e. The smallest absolute Gasteiger partial charge is 0.128 e. The van der Waals surface area contributed by atoms with Gasteiger partial charge in [-0.1, -0.05) is 25.4 Å². The van der Waals surface area contributed by atoms with E-state index in [1.165, 1.54) is 12.8 Å². The van der Waals surface area contributed by atoms with E-state index in [2.05, 4.69) is 42.2 Å². The highest BCUT2D eigenvalue weighted by atomic mass is 35.5. The lowest BCUT2D eigenvalue weighted by molar-refractivity contribution is 0.588. The number of nitrogens with one attached hydrogen (secondary N) is 1. The summed E-state index contributed by atoms with van der Waals surface area (Å²) in [4.78, 5) is 6.64. The number of hydrogen-bond donors (Lipinski definition) is 1. The molecule has 1 aliphatic rings. The summed E-state index contributed by atoms with van der Waals surface area (Å²) in [5.74, 6) is 1.03. The molecule has 0 spiro atoms. The van der Waals surface area contributed by atoms with Gasteiger partial charge in [0.1, 0.15) is 5.82 Å². The molecule has 0 aromatic carbocycles. The minimum absolute atomic E-state index is 0.462. The number of hydrogen-bond acceptors (Lipinski definition) is 3. The van der Waals surface area contributed by atoms with Crippen LogP contribution in [0.2, 0.25) is 5.02 Å². The SMILES string of the molecule is CC(C)NCc1cc(N(C)C2CC2)ncc1Cl. The van der Waals surface area contributed by atoms with Gasteiger partial charge < -0.3 is 10.2 Å². The third-order valence-electron chi connectivity index (χ3n) is 3.08. The molecule has 1 saturated carbocycles. The molecule has 0 radical (unpaired) electrons. The lowest BCUT2D eigenvalue weighted by Crippen LogP contribution is -2.23. The van der Waals surface area contributed by atoms with Gasteiger partial charge in [-0.15, -0.1) is 0 Å². The van der Waals surface area contributed by atoms with Crippen LogP contribution in [0.15, 0.2) is 12.3 Å². The van der Waals surface area contributed by atoms with E-state index >= 15 is 0 Å². The first kappa shape index (κ1) is 12.7. The highest BCUT2D eigenvalue weighted by molar-refractivity contribution is 6.31. The molecule has 0 unspecified atom stereocenters. The summed E-state index contributed by atoms with van der Waals surface area (Å²) in [6.45, 7) is 5.06. The monoisotopic (exact) mass is 253 g/mol. The van der Waals surface area contributed by atoms with Crippen molar-refractivity contribution in [1.82, 2.24) is 10.3 Å². The molecule has 1 aromatic heterocycles. The second-order valence-corrected chi connectivity index (χ2v) is 5.42. The second kappa shape index (κ2) is 5.23. The molecule has 0 bridgehead atoms. The van der Waals surface area contributed by atoms with Crippen molar-refractivity contribution in [2.75, 3.05) is 11.9 Å². The molecule has 94 valence electrons. The fourth-order valence-corrected chi connectivity index (χ4v) is 1.93. The fourth-order valence-electron chi connectivity index (χ4n) is 1.76. The first-order chi connectivity index (χ1) is 8.08. The predicted octanol–water partition coefficient (Wildman–Crippen LogP) is 2.83. The van der Waals surface area contributed by atoms with E-state index in [1.54, 1.807) is 6.20 Å². The number of halogens is 1. The van der Waals surface area contributed by atoms with Crippen LogP contribution < -0.4 is 10.2 Å². The topological polar surface area (TPSA) is 28.2 Å². The van der Waals surface area contributed by atoms with Gasteiger partial charge in [-0.05, 0) is 24.5 Å². The van der Waals surface area contributed by atoms with Crippen molar-refractivity contribution in [2.24, 2.45) is 0 Å². The van der Waals surface area contributed by atoms with Crippen molar-refractivity contribution in [2.45, 2.75) is 45.3 Å². The molecule has 0 aliphatic heterocycles. The van der Waals surface area contributed by atoms with Crippen LogP contribution in [0.25, 0.3) is 0 Å². The van der Waals surface area contributed by atoms with E-state index < -0.39 is 0 Å². The van der Waals surface area contributed by atoms with E-state index in [-0.39, 0.29) is 0 Å². The zero-order valence-electron chi connectivity index (χ0n) is 10.7. The molecule has 1 heterocycles. The molecule has 4 heteroatoms. The molecule has 17 heavy (non-hydrogen) atoms. The van der Waals surface area contributed by atoms with E-state index in [0.29, 0.717) is 12.1 Å². The summed E-state index contributed by atoms with van der Waals surface area (Å²) >= 11 is 6.16. The first-order valence-corrected chi connectivity index (χ1v) is 6.56. The first-order valence-electron chi connectivity index (χ1n) is 6.18. The Kier molecular flexibility index (Phi) is 3.89. The second-order valence-electron chi connectivity index (χ2n) is 5.01. The highest BCUT2D eigenvalue weighted by Crippen LogP contribution is 2.30. The third kappa shape index (κ3) is 3.33. The maximum atomic E-state index is 6.16. The number of nitrogens with zero attached hydrogens (tertiary/aromatic N) is 2. The van der Waals surface area contributed by atoms with E-state index in [9.17, 15) is 0 Å². The summed E-state index contributed by atoms with van der Waals surface area (Å²) in [5.41, 5.74) is 1.12. The Hall–Kier alpha value is -0.800. The zero-order valence-corrected chi connectivity index (χ0v) is 11.5. The van der Waals surface area contributed by atoms with Gasteiger partial charge in [0.25, 0.3) is 0 Å². The summed E-state index contributed by atoms with van der Waals surface area (Å²) in [6, 6.07) is 3.23. The van der Waals surface area contributed by atoms with Gasteiger partial charge in [0.15, 0.2) is 0 Å². The van der Waals surface area contributed by atoms with Crippen molar-refractivity contribution < 1.29 is 0 Å². The summed E-state index contributed by atoms with van der Waals surface area (Å²) in [7, 11) is 2.10. The van der Waals surface area contributed by atoms with Gasteiger partial charge in [-0.2, -0.15) is 0 Å². The maximum absolute atomic E-state index is 6.16. The van der Waals surface area contributed by atoms with E-state index in [0.717, 1.165) is 22.9 Å². The van der Waals surface area contributed by atoms with Crippen molar-refractivity contribution in [3.05, 3.63) is 22.8 Å². The van der Waals surface area contributed by atoms with Crippen LogP contribution in [0, 0.1) is 0 Å². The van der Waals surface area contributed by atoms with Gasteiger partial charge in [-0.3, -0.25) is 0 Å². The molecular weight excluding hydrogens is 234 g/mol. The van der Waals surface area contributed by atoms with Crippen LogP contribution in [0.5, 0.6) is 0 Å². The standard InChI is InChI=1S/C13H20ClN3/c1-9(2)15-7-10-6-13(16-8-12(10)14)17(3)11-4-5-11/h6,8-9,11,15H,4-5,7H2,1-3H3. The maximum Gasteiger partial charge on any atom is 0.128 e. The molecule has 1 N–H and O–H groups in total. The van der Waals surface area contributed by atoms with Crippen LogP contribution in [0.3, 0.4) is 0 Å². The van der Waals surface area contributed by atoms with Gasteiger partial charge in [0.05, 0.1) is 5.02 Å². The Morgan fingerprint density at radius 1 is 1.53 bits per heavy atom. The normalized spacial score (nSPS) is 15.4. The molecular formula is C13H20ClN3. The zero-order chi connectivity index (χ0) is 12.4. The molecule has 1 aromatic rings. The number of aromatic nitrogens is 1. The van der Waals surface area contributed by atoms with Crippen LogP contribution in [-0.4, -0.2) is 24.1 Å². The van der Waals surface area contributed by atoms with E-state index in [1.807, 2.05) is 0 Å². The number of rotatable bonds is 5. The van der Waals surface area contributed by atoms with Gasteiger partial charge >= 0.3 is 0 Å². The Labute approximate surface area is 108 Å². The molecule has 0 saturated heterocycles. The molecule has 0 amide bonds. The minimum atomic E-state index is 0.462. The Morgan fingerprint density at radius 2 is 2.24 bits per heavy atom. The van der Waals surface area contributed by atoms with Crippen molar-refractivity contribution in [1.29, 1.82) is 0 Å². The average molecular weight is 254 g/mol. The number of anilines is 1. The van der Waals surface area contributed by atoms with Crippen molar-refractivity contribution in [3.8, 4) is 0 Å². The van der Waals surface area contributed by atoms with Gasteiger partial charge in [0.2, 0.25) is 0 Å². The van der Waals surface area contributed by atoms with E-state index in [4.69, 9.17) is 11.6 Å². The van der Waals surface area contributed by atoms with Gasteiger partial charge in [0, 0.05) is 31.9 Å². The molecule has 0 atom stereocenters. The third-order valence-corrected chi connectivity index (χ3v) is 3.42. The average Bonchev–Trinajstić information content (AvgIpc) is 3.10. The van der Waals surface area contributed by atoms with Gasteiger partial charge in [-0.25, -0.2) is 4.98 Å². The Balaban J connectivity index is 2.10. The number of pyridine rings is 1. The predicted molar refractivity (Wildman–Crippen MR) is 72.6 cm³/mol. The summed E-state index contributed by atoms with van der Waals surface area (Å²) in [5, 5.41) is 4.12. The van der Waals surface area contributed by atoms with Crippen LogP contribution in [0.1, 0.15) is 32.3 Å². The molecule has 1 fully saturated rings. The molecule has 2 rings (SSSR count).